The van der Waals surface area contributed by atoms with Crippen LogP contribution in [-0.4, -0.2) is 16.2 Å². The van der Waals surface area contributed by atoms with E-state index < -0.39 is 0 Å². The van der Waals surface area contributed by atoms with Crippen LogP contribution >= 0.6 is 0 Å². The fraction of sp³-hybridized carbons (Fsp3) is 0.429. The minimum Gasteiger partial charge on any atom is -0.365 e. The predicted octanol–water partition coefficient (Wildman–Crippen LogP) is 3.37. The van der Waals surface area contributed by atoms with Gasteiger partial charge in [-0.1, -0.05) is 43.5 Å². The van der Waals surface area contributed by atoms with E-state index in [1.54, 1.807) is 0 Å². The monoisotopic (exact) mass is 227 g/mol. The van der Waals surface area contributed by atoms with Gasteiger partial charge in [-0.25, -0.2) is 0 Å². The SMILES string of the molecule is c1ccc2c(NC3CCCCC3)nncc2c1. The molecule has 1 aliphatic carbocycles. The Labute approximate surface area is 101 Å². The molecule has 1 aromatic heterocycles. The smallest absolute Gasteiger partial charge is 0.156 e. The highest BCUT2D eigenvalue weighted by atomic mass is 15.2. The van der Waals surface area contributed by atoms with Gasteiger partial charge in [0.15, 0.2) is 5.82 Å². The van der Waals surface area contributed by atoms with Crippen molar-refractivity contribution in [3.8, 4) is 0 Å². The van der Waals surface area contributed by atoms with Gasteiger partial charge >= 0.3 is 0 Å². The molecular formula is C14H17N3. The molecule has 1 aliphatic rings. The van der Waals surface area contributed by atoms with Gasteiger partial charge in [0.2, 0.25) is 0 Å². The summed E-state index contributed by atoms with van der Waals surface area (Å²) in [5.41, 5.74) is 0. The molecule has 1 saturated carbocycles. The zero-order valence-electron chi connectivity index (χ0n) is 9.89. The van der Waals surface area contributed by atoms with E-state index >= 15 is 0 Å². The number of aromatic nitrogens is 2. The first-order valence-electron chi connectivity index (χ1n) is 6.40. The number of nitrogens with zero attached hydrogens (tertiary/aromatic N) is 2. The molecule has 2 aromatic rings. The van der Waals surface area contributed by atoms with Crippen LogP contribution < -0.4 is 5.32 Å². The van der Waals surface area contributed by atoms with Crippen LogP contribution in [0.4, 0.5) is 5.82 Å². The average Bonchev–Trinajstić information content (AvgIpc) is 2.40. The zero-order valence-corrected chi connectivity index (χ0v) is 9.89. The van der Waals surface area contributed by atoms with Gasteiger partial charge in [-0.3, -0.25) is 0 Å². The Morgan fingerprint density at radius 1 is 1.06 bits per heavy atom. The summed E-state index contributed by atoms with van der Waals surface area (Å²) in [4.78, 5) is 0. The van der Waals surface area contributed by atoms with E-state index in [-0.39, 0.29) is 0 Å². The van der Waals surface area contributed by atoms with Gasteiger partial charge in [-0.15, -0.1) is 5.10 Å². The van der Waals surface area contributed by atoms with Gasteiger partial charge in [0.05, 0.1) is 6.20 Å². The van der Waals surface area contributed by atoms with Crippen LogP contribution in [-0.2, 0) is 0 Å². The second-order valence-corrected chi connectivity index (χ2v) is 4.76. The Kier molecular flexibility index (Phi) is 2.90. The van der Waals surface area contributed by atoms with Crippen molar-refractivity contribution in [2.24, 2.45) is 0 Å². The molecule has 0 saturated heterocycles. The third-order valence-corrected chi connectivity index (χ3v) is 3.52. The number of anilines is 1. The molecule has 0 amide bonds. The summed E-state index contributed by atoms with van der Waals surface area (Å²) in [7, 11) is 0. The summed E-state index contributed by atoms with van der Waals surface area (Å²) in [5.74, 6) is 0.940. The lowest BCUT2D eigenvalue weighted by atomic mass is 9.95. The largest absolute Gasteiger partial charge is 0.365 e. The van der Waals surface area contributed by atoms with Gasteiger partial charge in [0, 0.05) is 16.8 Å². The fourth-order valence-corrected chi connectivity index (χ4v) is 2.57. The molecule has 17 heavy (non-hydrogen) atoms. The van der Waals surface area contributed by atoms with E-state index in [9.17, 15) is 0 Å². The first-order valence-corrected chi connectivity index (χ1v) is 6.40. The highest BCUT2D eigenvalue weighted by molar-refractivity contribution is 5.90. The first-order chi connectivity index (χ1) is 8.43. The maximum absolute atomic E-state index is 4.24. The topological polar surface area (TPSA) is 37.8 Å². The maximum atomic E-state index is 4.24. The average molecular weight is 227 g/mol. The Bertz CT molecular complexity index is 498. The minimum absolute atomic E-state index is 0.573. The molecule has 1 aromatic carbocycles. The van der Waals surface area contributed by atoms with Gasteiger partial charge in [-0.05, 0) is 12.8 Å². The molecule has 0 bridgehead atoms. The number of nitrogens with one attached hydrogen (secondary N) is 1. The second kappa shape index (κ2) is 4.70. The van der Waals surface area contributed by atoms with E-state index in [0.29, 0.717) is 6.04 Å². The molecule has 0 atom stereocenters. The van der Waals surface area contributed by atoms with Crippen LogP contribution in [0.2, 0.25) is 0 Å². The zero-order chi connectivity index (χ0) is 11.5. The summed E-state index contributed by atoms with van der Waals surface area (Å²) in [6.07, 6.45) is 8.36. The summed E-state index contributed by atoms with van der Waals surface area (Å²) in [6, 6.07) is 8.85. The van der Waals surface area contributed by atoms with Crippen molar-refractivity contribution in [2.75, 3.05) is 5.32 Å². The number of hydrogen-bond acceptors (Lipinski definition) is 3. The molecular weight excluding hydrogens is 210 g/mol. The standard InChI is InChI=1S/C14H17N3/c1-2-7-12(8-3-1)16-14-13-9-5-4-6-11(13)10-15-17-14/h4-6,9-10,12H,1-3,7-8H2,(H,16,17). The molecule has 1 fully saturated rings. The van der Waals surface area contributed by atoms with Gasteiger partial charge in [0.25, 0.3) is 0 Å². The van der Waals surface area contributed by atoms with Gasteiger partial charge in [-0.2, -0.15) is 5.10 Å². The van der Waals surface area contributed by atoms with E-state index in [1.807, 2.05) is 12.3 Å². The summed E-state index contributed by atoms with van der Waals surface area (Å²) >= 11 is 0. The van der Waals surface area contributed by atoms with Gasteiger partial charge < -0.3 is 5.32 Å². The molecule has 1 heterocycles. The summed E-state index contributed by atoms with van der Waals surface area (Å²) in [5, 5.41) is 14.2. The molecule has 0 spiro atoms. The molecule has 3 nitrogen and oxygen atoms in total. The first kappa shape index (κ1) is 10.5. The maximum Gasteiger partial charge on any atom is 0.156 e. The summed E-state index contributed by atoms with van der Waals surface area (Å²) in [6.45, 7) is 0. The lowest BCUT2D eigenvalue weighted by molar-refractivity contribution is 0.462. The number of hydrogen-bond donors (Lipinski definition) is 1. The van der Waals surface area contributed by atoms with Crippen molar-refractivity contribution in [1.82, 2.24) is 10.2 Å². The van der Waals surface area contributed by atoms with Crippen molar-refractivity contribution in [3.05, 3.63) is 30.5 Å². The highest BCUT2D eigenvalue weighted by Crippen LogP contribution is 2.24. The molecule has 0 radical (unpaired) electrons. The fourth-order valence-electron chi connectivity index (χ4n) is 2.57. The van der Waals surface area contributed by atoms with Crippen LogP contribution in [0.25, 0.3) is 10.8 Å². The minimum atomic E-state index is 0.573. The molecule has 3 heteroatoms. The van der Waals surface area contributed by atoms with Crippen LogP contribution in [0, 0.1) is 0 Å². The van der Waals surface area contributed by atoms with Crippen molar-refractivity contribution >= 4 is 16.6 Å². The normalized spacial score (nSPS) is 17.2. The Balaban J connectivity index is 1.89. The second-order valence-electron chi connectivity index (χ2n) is 4.76. The Morgan fingerprint density at radius 2 is 1.88 bits per heavy atom. The lowest BCUT2D eigenvalue weighted by Gasteiger charge is -2.23. The van der Waals surface area contributed by atoms with Crippen molar-refractivity contribution in [3.63, 3.8) is 0 Å². The van der Waals surface area contributed by atoms with E-state index in [0.717, 1.165) is 11.2 Å². The summed E-state index contributed by atoms with van der Waals surface area (Å²) < 4.78 is 0. The molecule has 88 valence electrons. The predicted molar refractivity (Wildman–Crippen MR) is 70.0 cm³/mol. The van der Waals surface area contributed by atoms with E-state index in [4.69, 9.17) is 0 Å². The van der Waals surface area contributed by atoms with Gasteiger partial charge in [0.1, 0.15) is 0 Å². The van der Waals surface area contributed by atoms with Crippen LogP contribution in [0.3, 0.4) is 0 Å². The van der Waals surface area contributed by atoms with Crippen molar-refractivity contribution in [2.45, 2.75) is 38.1 Å². The number of rotatable bonds is 2. The molecule has 1 N–H and O–H groups in total. The van der Waals surface area contributed by atoms with Crippen LogP contribution in [0.1, 0.15) is 32.1 Å². The third kappa shape index (κ3) is 2.23. The van der Waals surface area contributed by atoms with E-state index in [1.165, 1.54) is 37.5 Å². The molecule has 0 aliphatic heterocycles. The number of fused-ring (bicyclic) bond motifs is 1. The third-order valence-electron chi connectivity index (χ3n) is 3.52. The van der Waals surface area contributed by atoms with Crippen LogP contribution in [0.5, 0.6) is 0 Å². The van der Waals surface area contributed by atoms with E-state index in [2.05, 4.69) is 33.7 Å². The molecule has 0 unspecified atom stereocenters. The lowest BCUT2D eigenvalue weighted by Crippen LogP contribution is -2.23. The highest BCUT2D eigenvalue weighted by Gasteiger charge is 2.14. The Morgan fingerprint density at radius 3 is 2.76 bits per heavy atom. The van der Waals surface area contributed by atoms with Crippen LogP contribution in [0.15, 0.2) is 30.5 Å². The number of benzene rings is 1. The van der Waals surface area contributed by atoms with Crippen molar-refractivity contribution < 1.29 is 0 Å². The quantitative estimate of drug-likeness (QED) is 0.854. The Hall–Kier alpha value is -1.64. The molecule has 3 rings (SSSR count). The van der Waals surface area contributed by atoms with Crippen molar-refractivity contribution in [1.29, 1.82) is 0 Å².